The highest BCUT2D eigenvalue weighted by Gasteiger charge is 2.49. The third-order valence-corrected chi connectivity index (χ3v) is 6.16. The minimum Gasteiger partial charge on any atom is -0.272 e. The van der Waals surface area contributed by atoms with Gasteiger partial charge < -0.3 is 0 Å². The number of carbonyl (C=O) groups is 1. The molecule has 0 spiro atoms. The summed E-state index contributed by atoms with van der Waals surface area (Å²) in [6.45, 7) is 0. The first-order chi connectivity index (χ1) is 11.7. The van der Waals surface area contributed by atoms with E-state index in [0.29, 0.717) is 5.92 Å². The molecule has 2 fully saturated rings. The molecule has 1 aromatic carbocycles. The molecule has 1 amide bonds. The van der Waals surface area contributed by atoms with Crippen molar-refractivity contribution in [1.82, 2.24) is 4.98 Å². The Bertz CT molecular complexity index is 740. The monoisotopic (exact) mass is 323 g/mol. The molecule has 1 heterocycles. The summed E-state index contributed by atoms with van der Waals surface area (Å²) in [5, 5.41) is 2.36. The zero-order valence-electron chi connectivity index (χ0n) is 14.1. The number of nitrogens with zero attached hydrogens (tertiary/aromatic N) is 2. The molecule has 2 aliphatic rings. The second-order valence-corrected chi connectivity index (χ2v) is 7.37. The van der Waals surface area contributed by atoms with Gasteiger partial charge >= 0.3 is 0 Å². The summed E-state index contributed by atoms with van der Waals surface area (Å²) in [5.74, 6) is 7.01. The molecular weight excluding hydrogens is 298 g/mol. The van der Waals surface area contributed by atoms with E-state index in [1.807, 2.05) is 30.3 Å². The van der Waals surface area contributed by atoms with E-state index in [1.165, 1.54) is 30.7 Å². The van der Waals surface area contributed by atoms with E-state index < -0.39 is 0 Å². The molecule has 4 nitrogen and oxygen atoms in total. The second-order valence-electron chi connectivity index (χ2n) is 7.37. The maximum Gasteiger partial charge on any atom is 0.247 e. The van der Waals surface area contributed by atoms with Gasteiger partial charge in [-0.15, -0.1) is 0 Å². The normalized spacial score (nSPS) is 26.8. The van der Waals surface area contributed by atoms with Gasteiger partial charge in [0.2, 0.25) is 5.91 Å². The number of fused-ring (bicyclic) bond motifs is 2. The minimum atomic E-state index is -0.240. The Kier molecular flexibility index (Phi) is 4.01. The summed E-state index contributed by atoms with van der Waals surface area (Å²) < 4.78 is 0. The molecular formula is C20H25N3O. The van der Waals surface area contributed by atoms with Crippen LogP contribution >= 0.6 is 0 Å². The smallest absolute Gasteiger partial charge is 0.247 e. The maximum absolute atomic E-state index is 13.5. The van der Waals surface area contributed by atoms with Crippen LogP contribution in [0.25, 0.3) is 10.9 Å². The second kappa shape index (κ2) is 6.17. The number of benzene rings is 1. The molecule has 1 aromatic heterocycles. The molecule has 24 heavy (non-hydrogen) atoms. The van der Waals surface area contributed by atoms with Crippen molar-refractivity contribution in [1.29, 1.82) is 0 Å². The highest BCUT2D eigenvalue weighted by Crippen LogP contribution is 2.51. The number of hydrogen-bond acceptors (Lipinski definition) is 3. The summed E-state index contributed by atoms with van der Waals surface area (Å²) >= 11 is 0. The molecule has 0 saturated heterocycles. The predicted octanol–water partition coefficient (Wildman–Crippen LogP) is 4.19. The van der Waals surface area contributed by atoms with Crippen LogP contribution in [0.3, 0.4) is 0 Å². The van der Waals surface area contributed by atoms with Gasteiger partial charge in [-0.1, -0.05) is 31.7 Å². The van der Waals surface area contributed by atoms with Crippen LogP contribution in [-0.2, 0) is 4.79 Å². The number of aromatic nitrogens is 1. The molecule has 0 radical (unpaired) electrons. The van der Waals surface area contributed by atoms with Crippen LogP contribution in [0.5, 0.6) is 0 Å². The van der Waals surface area contributed by atoms with Gasteiger partial charge in [-0.3, -0.25) is 9.78 Å². The fraction of sp³-hybridized carbons (Fsp3) is 0.500. The molecule has 4 rings (SSSR count). The Morgan fingerprint density at radius 1 is 1.08 bits per heavy atom. The van der Waals surface area contributed by atoms with Crippen LogP contribution in [-0.4, -0.2) is 10.9 Å². The molecule has 0 unspecified atom stereocenters. The molecule has 2 N–H and O–H groups in total. The van der Waals surface area contributed by atoms with E-state index in [0.717, 1.165) is 42.3 Å². The summed E-state index contributed by atoms with van der Waals surface area (Å²) in [4.78, 5) is 17.9. The predicted molar refractivity (Wildman–Crippen MR) is 96.3 cm³/mol. The lowest BCUT2D eigenvalue weighted by atomic mass is 9.59. The molecule has 126 valence electrons. The van der Waals surface area contributed by atoms with Gasteiger partial charge in [0.25, 0.3) is 0 Å². The zero-order chi connectivity index (χ0) is 16.6. The van der Waals surface area contributed by atoms with E-state index >= 15 is 0 Å². The largest absolute Gasteiger partial charge is 0.272 e. The average molecular weight is 323 g/mol. The summed E-state index contributed by atoms with van der Waals surface area (Å²) in [6, 6.07) is 9.70. The maximum atomic E-state index is 13.5. The van der Waals surface area contributed by atoms with Gasteiger partial charge in [0.1, 0.15) is 0 Å². The number of hydrazine groups is 1. The van der Waals surface area contributed by atoms with Gasteiger partial charge in [-0.25, -0.2) is 10.9 Å². The van der Waals surface area contributed by atoms with Crippen molar-refractivity contribution in [3.8, 4) is 0 Å². The molecule has 2 aliphatic carbocycles. The third-order valence-electron chi connectivity index (χ3n) is 6.16. The first-order valence-electron chi connectivity index (χ1n) is 9.15. The highest BCUT2D eigenvalue weighted by molar-refractivity contribution is 6.04. The van der Waals surface area contributed by atoms with Crippen molar-refractivity contribution < 1.29 is 4.79 Å². The summed E-state index contributed by atoms with van der Waals surface area (Å²) in [6.07, 6.45) is 10.9. The minimum absolute atomic E-state index is 0.114. The number of amides is 1. The van der Waals surface area contributed by atoms with E-state index in [-0.39, 0.29) is 11.3 Å². The average Bonchev–Trinajstić information content (AvgIpc) is 2.66. The number of carbonyl (C=O) groups excluding carboxylic acids is 1. The molecule has 0 atom stereocenters. The van der Waals surface area contributed by atoms with Crippen LogP contribution in [0.1, 0.15) is 51.4 Å². The molecule has 4 heteroatoms. The van der Waals surface area contributed by atoms with Gasteiger partial charge in [0, 0.05) is 11.6 Å². The van der Waals surface area contributed by atoms with Crippen LogP contribution in [0, 0.1) is 11.3 Å². The number of pyridine rings is 1. The van der Waals surface area contributed by atoms with Gasteiger partial charge in [-0.2, -0.15) is 0 Å². The molecule has 0 bridgehead atoms. The van der Waals surface area contributed by atoms with Crippen molar-refractivity contribution in [2.75, 3.05) is 5.01 Å². The Hall–Kier alpha value is -1.94. The number of hydrogen-bond donors (Lipinski definition) is 1. The van der Waals surface area contributed by atoms with Crippen molar-refractivity contribution >= 4 is 22.5 Å². The summed E-state index contributed by atoms with van der Waals surface area (Å²) in [7, 11) is 0. The quantitative estimate of drug-likeness (QED) is 0.512. The number of anilines is 1. The van der Waals surface area contributed by atoms with Crippen LogP contribution in [0.15, 0.2) is 36.5 Å². The van der Waals surface area contributed by atoms with Crippen molar-refractivity contribution in [2.24, 2.45) is 17.2 Å². The lowest BCUT2D eigenvalue weighted by molar-refractivity contribution is -0.136. The topological polar surface area (TPSA) is 59.2 Å². The fourth-order valence-electron chi connectivity index (χ4n) is 4.93. The van der Waals surface area contributed by atoms with E-state index in [9.17, 15) is 4.79 Å². The summed E-state index contributed by atoms with van der Waals surface area (Å²) in [5.41, 5.74) is 1.41. The molecule has 0 aliphatic heterocycles. The third kappa shape index (κ3) is 2.40. The lowest BCUT2D eigenvalue weighted by Crippen LogP contribution is -2.53. The SMILES string of the molecule is NN(C(=O)C12CCCCC1CCCC2)c1cccc2ncccc12. The van der Waals surface area contributed by atoms with E-state index in [1.54, 1.807) is 6.20 Å². The number of nitrogens with two attached hydrogens (primary N) is 1. The fourth-order valence-corrected chi connectivity index (χ4v) is 4.93. The van der Waals surface area contributed by atoms with Crippen LogP contribution < -0.4 is 10.9 Å². The van der Waals surface area contributed by atoms with Gasteiger partial charge in [-0.05, 0) is 55.9 Å². The van der Waals surface area contributed by atoms with E-state index in [2.05, 4.69) is 4.98 Å². The Labute approximate surface area is 143 Å². The van der Waals surface area contributed by atoms with Crippen LogP contribution in [0.2, 0.25) is 0 Å². The molecule has 2 aromatic rings. The first-order valence-corrected chi connectivity index (χ1v) is 9.15. The van der Waals surface area contributed by atoms with Gasteiger partial charge in [0.05, 0.1) is 16.6 Å². The van der Waals surface area contributed by atoms with E-state index in [4.69, 9.17) is 5.84 Å². The Morgan fingerprint density at radius 3 is 2.58 bits per heavy atom. The highest BCUT2D eigenvalue weighted by atomic mass is 16.2. The number of rotatable bonds is 2. The van der Waals surface area contributed by atoms with Crippen LogP contribution in [0.4, 0.5) is 5.69 Å². The molecule has 2 saturated carbocycles. The van der Waals surface area contributed by atoms with Gasteiger partial charge in [0.15, 0.2) is 0 Å². The van der Waals surface area contributed by atoms with Crippen molar-refractivity contribution in [3.63, 3.8) is 0 Å². The van der Waals surface area contributed by atoms with Crippen molar-refractivity contribution in [2.45, 2.75) is 51.4 Å². The zero-order valence-corrected chi connectivity index (χ0v) is 14.1. The van der Waals surface area contributed by atoms with Crippen molar-refractivity contribution in [3.05, 3.63) is 36.5 Å². The lowest BCUT2D eigenvalue weighted by Gasteiger charge is -2.47. The Morgan fingerprint density at radius 2 is 1.83 bits per heavy atom. The first kappa shape index (κ1) is 15.6. The standard InChI is InChI=1S/C20H25N3O/c21-23(18-11-5-10-17-16(18)9-6-14-22-17)19(24)20-12-3-1-7-15(20)8-2-4-13-20/h5-6,9-11,14-15H,1-4,7-8,12-13,21H2. The Balaban J connectivity index is 1.72.